The minimum Gasteiger partial charge on any atom is -0.491 e. The van der Waals surface area contributed by atoms with Crippen LogP contribution in [0.2, 0.25) is 0 Å². The molecule has 3 aromatic rings. The number of aliphatic hydroxyl groups excluding tert-OH is 1. The number of rotatable bonds is 29. The molecule has 366 valence electrons. The maximum absolute atomic E-state index is 14.9. The summed E-state index contributed by atoms with van der Waals surface area (Å²) in [6.07, 6.45) is 5.36. The number of hydrogen-bond acceptors (Lipinski definition) is 14. The number of nitrogens with two attached hydrogens (primary N) is 3. The van der Waals surface area contributed by atoms with Crippen LogP contribution in [0.1, 0.15) is 120 Å². The molecular weight excluding hydrogens is 843 g/mol. The number of amides is 1. The van der Waals surface area contributed by atoms with E-state index in [1.165, 1.54) is 13.1 Å². The Morgan fingerprint density at radius 3 is 2.02 bits per heavy atom. The second-order valence-electron chi connectivity index (χ2n) is 18.5. The van der Waals surface area contributed by atoms with Gasteiger partial charge in [0, 0.05) is 42.0 Å². The zero-order chi connectivity index (χ0) is 48.5. The molecule has 4 unspecified atom stereocenters. The first-order valence-electron chi connectivity index (χ1n) is 23.8. The molecule has 4 rings (SSSR count). The second kappa shape index (κ2) is 26.9. The van der Waals surface area contributed by atoms with Gasteiger partial charge in [-0.2, -0.15) is 0 Å². The predicted octanol–water partition coefficient (Wildman–Crippen LogP) is 6.56. The molecule has 2 aromatic carbocycles. The van der Waals surface area contributed by atoms with Crippen LogP contribution in [-0.4, -0.2) is 104 Å². The van der Waals surface area contributed by atoms with Gasteiger partial charge in [0.15, 0.2) is 23.1 Å². The van der Waals surface area contributed by atoms with Crippen molar-refractivity contribution in [2.75, 3.05) is 46.8 Å². The second-order valence-corrected chi connectivity index (χ2v) is 18.5. The van der Waals surface area contributed by atoms with E-state index in [2.05, 4.69) is 10.3 Å². The van der Waals surface area contributed by atoms with Crippen molar-refractivity contribution in [1.82, 2.24) is 10.3 Å². The molecular formula is C51H77N5O10. The molecule has 1 aliphatic rings. The van der Waals surface area contributed by atoms with Gasteiger partial charge in [0.1, 0.15) is 23.8 Å². The molecule has 0 saturated heterocycles. The monoisotopic (exact) mass is 920 g/mol. The Morgan fingerprint density at radius 2 is 1.42 bits per heavy atom. The number of carbonyl (C=O) groups excluding carboxylic acids is 4. The van der Waals surface area contributed by atoms with Crippen molar-refractivity contribution in [3.63, 3.8) is 0 Å². The number of ketones is 3. The largest absolute Gasteiger partial charge is 0.491 e. The molecule has 1 fully saturated rings. The quantitative estimate of drug-likeness (QED) is 0.0366. The zero-order valence-corrected chi connectivity index (χ0v) is 40.5. The van der Waals surface area contributed by atoms with Crippen molar-refractivity contribution in [3.05, 3.63) is 59.4 Å². The Balaban J connectivity index is 1.72. The van der Waals surface area contributed by atoms with Crippen molar-refractivity contribution in [1.29, 1.82) is 0 Å². The van der Waals surface area contributed by atoms with Gasteiger partial charge in [-0.15, -0.1) is 0 Å². The summed E-state index contributed by atoms with van der Waals surface area (Å²) in [6, 6.07) is 8.43. The number of nitrogens with one attached hydrogen (secondary N) is 1. The average Bonchev–Trinajstić information content (AvgIpc) is 3.31. The van der Waals surface area contributed by atoms with Crippen LogP contribution in [0.5, 0.6) is 17.2 Å². The molecule has 15 heteroatoms. The molecule has 8 N–H and O–H groups in total. The first kappa shape index (κ1) is 54.3. The van der Waals surface area contributed by atoms with Crippen LogP contribution in [0, 0.1) is 35.5 Å². The van der Waals surface area contributed by atoms with Crippen molar-refractivity contribution in [2.24, 2.45) is 52.7 Å². The first-order valence-corrected chi connectivity index (χ1v) is 23.8. The first-order chi connectivity index (χ1) is 31.5. The molecule has 0 spiro atoms. The number of methoxy groups -OCH3 is 1. The maximum atomic E-state index is 14.9. The number of aromatic nitrogens is 1. The van der Waals surface area contributed by atoms with E-state index in [4.69, 9.17) is 40.9 Å². The Labute approximate surface area is 391 Å². The minimum atomic E-state index is -1.23. The van der Waals surface area contributed by atoms with Gasteiger partial charge >= 0.3 is 0 Å². The van der Waals surface area contributed by atoms with E-state index in [0.29, 0.717) is 56.3 Å². The molecule has 7 atom stereocenters. The topological polar surface area (TPSA) is 238 Å². The van der Waals surface area contributed by atoms with Crippen molar-refractivity contribution in [2.45, 2.75) is 124 Å². The van der Waals surface area contributed by atoms with Gasteiger partial charge < -0.3 is 51.3 Å². The number of fused-ring (bicyclic) bond motifs is 1. The Hall–Kier alpha value is -4.35. The summed E-state index contributed by atoms with van der Waals surface area (Å²) in [5.74, 6) is -2.61. The van der Waals surface area contributed by atoms with Gasteiger partial charge in [-0.3, -0.25) is 24.2 Å². The number of ether oxygens (including phenoxy) is 5. The third-order valence-corrected chi connectivity index (χ3v) is 13.1. The number of nitrogens with zero attached hydrogens (tertiary/aromatic N) is 1. The lowest BCUT2D eigenvalue weighted by molar-refractivity contribution is -0.129. The van der Waals surface area contributed by atoms with Crippen LogP contribution in [0.25, 0.3) is 10.8 Å². The summed E-state index contributed by atoms with van der Waals surface area (Å²) < 4.78 is 29.0. The smallest absolute Gasteiger partial charge is 0.237 e. The highest BCUT2D eigenvalue weighted by Gasteiger charge is 2.42. The summed E-state index contributed by atoms with van der Waals surface area (Å²) in [7, 11) is 1.62. The maximum Gasteiger partial charge on any atom is 0.237 e. The third kappa shape index (κ3) is 14.6. The summed E-state index contributed by atoms with van der Waals surface area (Å²) >= 11 is 0. The number of hydrogen-bond donors (Lipinski definition) is 5. The number of carbonyl (C=O) groups is 4. The van der Waals surface area contributed by atoms with E-state index in [1.54, 1.807) is 19.2 Å². The number of benzene rings is 2. The third-order valence-electron chi connectivity index (χ3n) is 13.1. The van der Waals surface area contributed by atoms with Crippen molar-refractivity contribution >= 4 is 34.0 Å². The van der Waals surface area contributed by atoms with E-state index in [-0.39, 0.29) is 71.6 Å². The van der Waals surface area contributed by atoms with E-state index < -0.39 is 53.5 Å². The lowest BCUT2D eigenvalue weighted by Crippen LogP contribution is -2.54. The van der Waals surface area contributed by atoms with E-state index in [9.17, 15) is 24.3 Å². The lowest BCUT2D eigenvalue weighted by atomic mass is 9.70. The average molecular weight is 920 g/mol. The van der Waals surface area contributed by atoms with Gasteiger partial charge in [-0.1, -0.05) is 91.5 Å². The van der Waals surface area contributed by atoms with Gasteiger partial charge in [-0.05, 0) is 62.0 Å². The van der Waals surface area contributed by atoms with E-state index in [1.807, 2.05) is 65.8 Å². The van der Waals surface area contributed by atoms with Gasteiger partial charge in [0.25, 0.3) is 0 Å². The Morgan fingerprint density at radius 1 is 0.818 bits per heavy atom. The predicted molar refractivity (Wildman–Crippen MR) is 256 cm³/mol. The van der Waals surface area contributed by atoms with Gasteiger partial charge in [0.05, 0.1) is 68.9 Å². The minimum absolute atomic E-state index is 0.00144. The molecule has 66 heavy (non-hydrogen) atoms. The van der Waals surface area contributed by atoms with E-state index >= 15 is 0 Å². The fourth-order valence-corrected chi connectivity index (χ4v) is 8.67. The van der Waals surface area contributed by atoms with Crippen LogP contribution in [-0.2, 0) is 30.3 Å². The molecule has 0 radical (unpaired) electrons. The molecule has 1 saturated carbocycles. The highest BCUT2D eigenvalue weighted by Crippen LogP contribution is 2.40. The normalized spacial score (nSPS) is 16.6. The summed E-state index contributed by atoms with van der Waals surface area (Å²) in [5, 5.41) is 16.1. The number of aliphatic hydroxyl groups is 1. The van der Waals surface area contributed by atoms with Gasteiger partial charge in [0.2, 0.25) is 5.91 Å². The van der Waals surface area contributed by atoms with Gasteiger partial charge in [-0.25, -0.2) is 0 Å². The molecule has 1 amide bonds. The summed E-state index contributed by atoms with van der Waals surface area (Å²) in [6.45, 7) is 15.0. The summed E-state index contributed by atoms with van der Waals surface area (Å²) in [4.78, 5) is 60.7. The fourth-order valence-electron chi connectivity index (χ4n) is 8.67. The van der Waals surface area contributed by atoms with E-state index in [0.717, 1.165) is 37.5 Å². The molecule has 15 nitrogen and oxygen atoms in total. The zero-order valence-electron chi connectivity index (χ0n) is 40.5. The SMILES string of the molecule is CC[C@H](C)[C@H](N)C(=O)NCc1ncc(C(=O)C(CC(O)C(N)C(C(=O)[C@@H](N)C(C)C)C2CCCCC2)C(C)C)c(C(C)=O)c1Oc1ccc(OCCOCCOCCOC)c2ccccc12. The van der Waals surface area contributed by atoms with Crippen LogP contribution in [0.15, 0.2) is 42.6 Å². The van der Waals surface area contributed by atoms with Crippen LogP contribution >= 0.6 is 0 Å². The highest BCUT2D eigenvalue weighted by molar-refractivity contribution is 6.10. The summed E-state index contributed by atoms with van der Waals surface area (Å²) in [5.41, 5.74) is 19.7. The Kier molecular flexibility index (Phi) is 22.1. The number of pyridine rings is 1. The number of Topliss-reactive ketones (excluding diaryl/α,β-unsaturated/α-hetero) is 3. The fraction of sp³-hybridized carbons (Fsp3) is 0.627. The molecule has 1 aromatic heterocycles. The van der Waals surface area contributed by atoms with Crippen molar-refractivity contribution < 1.29 is 48.0 Å². The standard InChI is InChI=1S/C51H77N5O10/c1-9-32(6)46(53)51(61)56-29-39-50(66-42-20-19-41(35-17-13-14-18-36(35)42)65-26-25-64-24-23-63-22-21-62-8)43(33(7)57)38(28-55-39)48(59)37(30(2)3)27-40(58)47(54)44(34-15-11-10-12-16-34)49(60)45(52)31(4)5/h13-14,17-20,28,30-32,34,37,40,44-47,58H,9-12,15-16,21-27,29,52-54H2,1-8H3,(H,56,61)/t32-,37?,40?,44?,45-,46-,47?/m0/s1. The molecule has 0 bridgehead atoms. The Bertz CT molecular complexity index is 2040. The van der Waals surface area contributed by atoms with Crippen LogP contribution in [0.4, 0.5) is 0 Å². The molecule has 1 aliphatic carbocycles. The van der Waals surface area contributed by atoms with Crippen LogP contribution < -0.4 is 32.0 Å². The van der Waals surface area contributed by atoms with Crippen LogP contribution in [0.3, 0.4) is 0 Å². The van der Waals surface area contributed by atoms with Crippen molar-refractivity contribution in [3.8, 4) is 17.2 Å². The molecule has 0 aliphatic heterocycles. The lowest BCUT2D eigenvalue weighted by Gasteiger charge is -2.38. The molecule has 1 heterocycles. The highest BCUT2D eigenvalue weighted by atomic mass is 16.6.